The van der Waals surface area contributed by atoms with Crippen molar-refractivity contribution in [2.24, 2.45) is 0 Å². The molecule has 1 aromatic heterocycles. The van der Waals surface area contributed by atoms with Crippen LogP contribution in [0.15, 0.2) is 20.3 Å². The molecule has 14 heavy (non-hydrogen) atoms. The predicted octanol–water partition coefficient (Wildman–Crippen LogP) is -0.734. The van der Waals surface area contributed by atoms with Crippen molar-refractivity contribution in [1.29, 1.82) is 0 Å². The molecule has 0 fully saturated rings. The van der Waals surface area contributed by atoms with Crippen LogP contribution < -0.4 is 11.2 Å². The number of aromatic amines is 1. The monoisotopic (exact) mass is 264 g/mol. The van der Waals surface area contributed by atoms with Crippen LogP contribution in [0.2, 0.25) is 0 Å². The van der Waals surface area contributed by atoms with Crippen LogP contribution >= 0.6 is 15.9 Å². The van der Waals surface area contributed by atoms with Gasteiger partial charge in [-0.15, -0.1) is 0 Å². The minimum atomic E-state index is -0.545. The predicted molar refractivity (Wildman–Crippen MR) is 52.1 cm³/mol. The standard InChI is InChI=1S/C7H9BrN2O4/c8-5-3-10(4-14-2-1-11)7(13)9-6(5)12/h3,11H,1-2,4H2,(H,9,12,13). The zero-order chi connectivity index (χ0) is 10.6. The number of ether oxygens (including phenoxy) is 1. The van der Waals surface area contributed by atoms with Gasteiger partial charge in [-0.3, -0.25) is 14.3 Å². The van der Waals surface area contributed by atoms with Crippen molar-refractivity contribution >= 4 is 15.9 Å². The first kappa shape index (κ1) is 11.2. The molecule has 0 aliphatic carbocycles. The summed E-state index contributed by atoms with van der Waals surface area (Å²) in [4.78, 5) is 24.2. The van der Waals surface area contributed by atoms with E-state index in [-0.39, 0.29) is 24.4 Å². The molecule has 1 aromatic rings. The summed E-state index contributed by atoms with van der Waals surface area (Å²) in [5.41, 5.74) is -1.02. The maximum Gasteiger partial charge on any atom is 0.330 e. The fourth-order valence-corrected chi connectivity index (χ4v) is 1.15. The normalized spacial score (nSPS) is 10.4. The minimum Gasteiger partial charge on any atom is -0.394 e. The van der Waals surface area contributed by atoms with Crippen LogP contribution in [0.4, 0.5) is 0 Å². The number of hydrogen-bond acceptors (Lipinski definition) is 4. The molecule has 0 aliphatic heterocycles. The summed E-state index contributed by atoms with van der Waals surface area (Å²) in [6, 6.07) is 0. The Kier molecular flexibility index (Phi) is 4.05. The molecule has 0 spiro atoms. The van der Waals surface area contributed by atoms with Gasteiger partial charge < -0.3 is 9.84 Å². The molecular weight excluding hydrogens is 256 g/mol. The molecule has 0 radical (unpaired) electrons. The summed E-state index contributed by atoms with van der Waals surface area (Å²) in [6.45, 7) is 0.0250. The Balaban J connectivity index is 2.82. The lowest BCUT2D eigenvalue weighted by Gasteiger charge is -2.04. The second-order valence-corrected chi connectivity index (χ2v) is 3.32. The molecular formula is C7H9BrN2O4. The van der Waals surface area contributed by atoms with E-state index in [0.717, 1.165) is 0 Å². The third-order valence-electron chi connectivity index (χ3n) is 1.43. The summed E-state index contributed by atoms with van der Waals surface area (Å²) in [7, 11) is 0. The fraction of sp³-hybridized carbons (Fsp3) is 0.429. The van der Waals surface area contributed by atoms with E-state index in [4.69, 9.17) is 9.84 Å². The molecule has 0 aromatic carbocycles. The van der Waals surface area contributed by atoms with Gasteiger partial charge in [0.1, 0.15) is 6.73 Å². The summed E-state index contributed by atoms with van der Waals surface area (Å²) in [6.07, 6.45) is 1.33. The molecule has 0 amide bonds. The number of H-pyrrole nitrogens is 1. The molecule has 78 valence electrons. The highest BCUT2D eigenvalue weighted by atomic mass is 79.9. The van der Waals surface area contributed by atoms with Crippen LogP contribution in [-0.2, 0) is 11.5 Å². The number of aromatic nitrogens is 2. The molecule has 0 saturated carbocycles. The number of rotatable bonds is 4. The second kappa shape index (κ2) is 5.08. The van der Waals surface area contributed by atoms with Crippen LogP contribution in [0.1, 0.15) is 0 Å². The number of nitrogens with zero attached hydrogens (tertiary/aromatic N) is 1. The lowest BCUT2D eigenvalue weighted by atomic mass is 10.6. The number of aliphatic hydroxyl groups is 1. The molecule has 1 heterocycles. The van der Waals surface area contributed by atoms with Gasteiger partial charge in [0.15, 0.2) is 0 Å². The first-order valence-electron chi connectivity index (χ1n) is 3.83. The van der Waals surface area contributed by atoms with Crippen LogP contribution in [-0.4, -0.2) is 27.9 Å². The molecule has 6 nitrogen and oxygen atoms in total. The van der Waals surface area contributed by atoms with Crippen LogP contribution in [0.3, 0.4) is 0 Å². The van der Waals surface area contributed by atoms with Gasteiger partial charge >= 0.3 is 5.69 Å². The molecule has 0 unspecified atom stereocenters. The maximum absolute atomic E-state index is 11.1. The van der Waals surface area contributed by atoms with Gasteiger partial charge in [0.2, 0.25) is 0 Å². The average molecular weight is 265 g/mol. The number of aliphatic hydroxyl groups excluding tert-OH is 1. The summed E-state index contributed by atoms with van der Waals surface area (Å²) in [5.74, 6) is 0. The first-order chi connectivity index (χ1) is 6.65. The van der Waals surface area contributed by atoms with Crippen molar-refractivity contribution in [3.8, 4) is 0 Å². The summed E-state index contributed by atoms with van der Waals surface area (Å²) < 4.78 is 6.35. The Hall–Kier alpha value is -0.920. The third-order valence-corrected chi connectivity index (χ3v) is 2.00. The quantitative estimate of drug-likeness (QED) is 0.702. The summed E-state index contributed by atoms with van der Waals surface area (Å²) in [5, 5.41) is 8.43. The molecule has 0 atom stereocenters. The van der Waals surface area contributed by atoms with Crippen molar-refractivity contribution in [1.82, 2.24) is 9.55 Å². The van der Waals surface area contributed by atoms with Gasteiger partial charge in [-0.2, -0.15) is 0 Å². The zero-order valence-corrected chi connectivity index (χ0v) is 8.78. The minimum absolute atomic E-state index is 0.00519. The smallest absolute Gasteiger partial charge is 0.330 e. The average Bonchev–Trinajstić information content (AvgIpc) is 2.14. The van der Waals surface area contributed by atoms with Crippen LogP contribution in [0, 0.1) is 0 Å². The lowest BCUT2D eigenvalue weighted by molar-refractivity contribution is 0.0455. The Labute approximate surface area is 87.3 Å². The third kappa shape index (κ3) is 2.79. The lowest BCUT2D eigenvalue weighted by Crippen LogP contribution is -2.30. The number of halogens is 1. The highest BCUT2D eigenvalue weighted by molar-refractivity contribution is 9.10. The number of hydrogen-bond donors (Lipinski definition) is 2. The second-order valence-electron chi connectivity index (χ2n) is 2.47. The van der Waals surface area contributed by atoms with Crippen molar-refractivity contribution < 1.29 is 9.84 Å². The van der Waals surface area contributed by atoms with E-state index in [1.165, 1.54) is 10.8 Å². The van der Waals surface area contributed by atoms with Gasteiger partial charge in [-0.25, -0.2) is 4.79 Å². The van der Waals surface area contributed by atoms with Crippen molar-refractivity contribution in [2.75, 3.05) is 13.2 Å². The van der Waals surface area contributed by atoms with E-state index in [1.807, 2.05) is 0 Å². The topological polar surface area (TPSA) is 84.3 Å². The van der Waals surface area contributed by atoms with E-state index in [2.05, 4.69) is 20.9 Å². The van der Waals surface area contributed by atoms with Crippen LogP contribution in [0.25, 0.3) is 0 Å². The first-order valence-corrected chi connectivity index (χ1v) is 4.62. The van der Waals surface area contributed by atoms with E-state index < -0.39 is 11.2 Å². The van der Waals surface area contributed by atoms with E-state index in [9.17, 15) is 9.59 Å². The molecule has 7 heteroatoms. The van der Waals surface area contributed by atoms with E-state index >= 15 is 0 Å². The van der Waals surface area contributed by atoms with Gasteiger partial charge in [-0.1, -0.05) is 0 Å². The van der Waals surface area contributed by atoms with Gasteiger partial charge in [0, 0.05) is 6.20 Å². The fourth-order valence-electron chi connectivity index (χ4n) is 0.806. The Morgan fingerprint density at radius 2 is 2.29 bits per heavy atom. The Morgan fingerprint density at radius 1 is 1.57 bits per heavy atom. The Bertz CT molecular complexity index is 411. The van der Waals surface area contributed by atoms with Gasteiger partial charge in [0.05, 0.1) is 17.7 Å². The SMILES string of the molecule is O=c1[nH]c(=O)n(COCCO)cc1Br. The molecule has 1 rings (SSSR count). The van der Waals surface area contributed by atoms with Crippen molar-refractivity contribution in [3.05, 3.63) is 31.5 Å². The maximum atomic E-state index is 11.1. The van der Waals surface area contributed by atoms with Gasteiger partial charge in [-0.05, 0) is 15.9 Å². The van der Waals surface area contributed by atoms with E-state index in [0.29, 0.717) is 0 Å². The molecule has 0 saturated heterocycles. The number of nitrogens with one attached hydrogen (secondary N) is 1. The summed E-state index contributed by atoms with van der Waals surface area (Å²) >= 11 is 2.98. The van der Waals surface area contributed by atoms with Crippen LogP contribution in [0.5, 0.6) is 0 Å². The molecule has 2 N–H and O–H groups in total. The highest BCUT2D eigenvalue weighted by Crippen LogP contribution is 1.97. The van der Waals surface area contributed by atoms with Gasteiger partial charge in [0.25, 0.3) is 5.56 Å². The zero-order valence-electron chi connectivity index (χ0n) is 7.20. The van der Waals surface area contributed by atoms with Crippen molar-refractivity contribution in [3.63, 3.8) is 0 Å². The van der Waals surface area contributed by atoms with E-state index in [1.54, 1.807) is 0 Å². The molecule has 0 bridgehead atoms. The Morgan fingerprint density at radius 3 is 2.93 bits per heavy atom. The van der Waals surface area contributed by atoms with Crippen molar-refractivity contribution in [2.45, 2.75) is 6.73 Å². The molecule has 0 aliphatic rings. The highest BCUT2D eigenvalue weighted by Gasteiger charge is 2.00. The largest absolute Gasteiger partial charge is 0.394 e.